The van der Waals surface area contributed by atoms with Crippen molar-refractivity contribution < 1.29 is 14.6 Å². The smallest absolute Gasteiger partial charge is 0.314 e. The summed E-state index contributed by atoms with van der Waals surface area (Å²) in [6.07, 6.45) is 0.266. The molecule has 5 nitrogen and oxygen atoms in total. The number of aromatic nitrogens is 2. The van der Waals surface area contributed by atoms with Crippen molar-refractivity contribution in [3.8, 4) is 5.88 Å². The van der Waals surface area contributed by atoms with E-state index in [1.165, 1.54) is 7.11 Å². The Balaban J connectivity index is 2.35. The van der Waals surface area contributed by atoms with E-state index in [1.807, 2.05) is 6.07 Å². The van der Waals surface area contributed by atoms with Gasteiger partial charge in [0.2, 0.25) is 5.88 Å². The minimum absolute atomic E-state index is 0.235. The highest BCUT2D eigenvalue weighted by Gasteiger charge is 2.24. The fraction of sp³-hybridized carbons (Fsp3) is 0.267. The lowest BCUT2D eigenvalue weighted by atomic mass is 9.98. The predicted molar refractivity (Wildman–Crippen MR) is 78.9 cm³/mol. The molecule has 1 N–H and O–H groups in total. The van der Waals surface area contributed by atoms with Gasteiger partial charge in [-0.05, 0) is 31.0 Å². The first kappa shape index (κ1) is 15.3. The van der Waals surface area contributed by atoms with Gasteiger partial charge in [0.1, 0.15) is 11.7 Å². The summed E-state index contributed by atoms with van der Waals surface area (Å²) in [6, 6.07) is 8.75. The van der Waals surface area contributed by atoms with Crippen molar-refractivity contribution in [2.45, 2.75) is 19.3 Å². The van der Waals surface area contributed by atoms with Crippen molar-refractivity contribution in [2.75, 3.05) is 7.11 Å². The van der Waals surface area contributed by atoms with Crippen LogP contribution in [-0.4, -0.2) is 28.2 Å². The molecule has 0 fully saturated rings. The Bertz CT molecular complexity index is 661. The van der Waals surface area contributed by atoms with Crippen LogP contribution in [0.3, 0.4) is 0 Å². The Morgan fingerprint density at radius 1 is 1.38 bits per heavy atom. The van der Waals surface area contributed by atoms with E-state index in [2.05, 4.69) is 9.97 Å². The second-order valence-corrected chi connectivity index (χ2v) is 5.07. The van der Waals surface area contributed by atoms with Crippen LogP contribution < -0.4 is 4.74 Å². The van der Waals surface area contributed by atoms with Crippen LogP contribution in [0.1, 0.15) is 23.0 Å². The molecule has 0 saturated carbocycles. The largest absolute Gasteiger partial charge is 0.481 e. The van der Waals surface area contributed by atoms with E-state index in [1.54, 1.807) is 31.2 Å². The molecule has 0 radical (unpaired) electrons. The number of aryl methyl sites for hydroxylation is 1. The average molecular weight is 307 g/mol. The van der Waals surface area contributed by atoms with Gasteiger partial charge in [-0.15, -0.1) is 0 Å². The van der Waals surface area contributed by atoms with Gasteiger partial charge < -0.3 is 9.84 Å². The molecule has 6 heteroatoms. The molecule has 1 aromatic heterocycles. The highest BCUT2D eigenvalue weighted by atomic mass is 35.5. The van der Waals surface area contributed by atoms with Gasteiger partial charge in [-0.1, -0.05) is 23.7 Å². The number of aliphatic carboxylic acids is 1. The van der Waals surface area contributed by atoms with Crippen LogP contribution in [0.2, 0.25) is 5.02 Å². The molecule has 1 unspecified atom stereocenters. The number of rotatable bonds is 5. The number of nitrogens with zero attached hydrogens (tertiary/aromatic N) is 2. The number of halogens is 1. The lowest BCUT2D eigenvalue weighted by molar-refractivity contribution is -0.139. The van der Waals surface area contributed by atoms with E-state index in [0.29, 0.717) is 16.6 Å². The second-order valence-electron chi connectivity index (χ2n) is 4.63. The Labute approximate surface area is 127 Å². The van der Waals surface area contributed by atoms with Gasteiger partial charge in [-0.2, -0.15) is 4.98 Å². The molecule has 2 rings (SSSR count). The van der Waals surface area contributed by atoms with Gasteiger partial charge in [0, 0.05) is 16.8 Å². The molecular formula is C15H15ClN2O3. The molecule has 1 atom stereocenters. The molecule has 21 heavy (non-hydrogen) atoms. The van der Waals surface area contributed by atoms with E-state index in [-0.39, 0.29) is 12.2 Å². The number of carboxylic acids is 1. The zero-order valence-corrected chi connectivity index (χ0v) is 12.5. The first-order valence-corrected chi connectivity index (χ1v) is 6.74. The Kier molecular flexibility index (Phi) is 4.75. The van der Waals surface area contributed by atoms with Gasteiger partial charge >= 0.3 is 5.97 Å². The summed E-state index contributed by atoms with van der Waals surface area (Å²) in [5.74, 6) is -1.24. The van der Waals surface area contributed by atoms with Crippen molar-refractivity contribution in [1.82, 2.24) is 9.97 Å². The van der Waals surface area contributed by atoms with Gasteiger partial charge in [-0.3, -0.25) is 4.79 Å². The summed E-state index contributed by atoms with van der Waals surface area (Å²) in [7, 11) is 1.48. The third-order valence-corrected chi connectivity index (χ3v) is 3.23. The highest BCUT2D eigenvalue weighted by Crippen LogP contribution is 2.22. The maximum atomic E-state index is 11.5. The van der Waals surface area contributed by atoms with E-state index in [9.17, 15) is 9.90 Å². The first-order chi connectivity index (χ1) is 9.99. The van der Waals surface area contributed by atoms with Crippen molar-refractivity contribution in [3.63, 3.8) is 0 Å². The van der Waals surface area contributed by atoms with Gasteiger partial charge in [0.15, 0.2) is 0 Å². The minimum atomic E-state index is -0.984. The molecular weight excluding hydrogens is 292 g/mol. The average Bonchev–Trinajstić information content (AvgIpc) is 2.43. The Hall–Kier alpha value is -2.14. The van der Waals surface area contributed by atoms with Gasteiger partial charge in [-0.25, -0.2) is 4.98 Å². The Morgan fingerprint density at radius 3 is 2.76 bits per heavy atom. The summed E-state index contributed by atoms with van der Waals surface area (Å²) >= 11 is 5.93. The number of hydrogen-bond acceptors (Lipinski definition) is 4. The fourth-order valence-electron chi connectivity index (χ4n) is 2.01. The number of benzene rings is 1. The van der Waals surface area contributed by atoms with Crippen molar-refractivity contribution >= 4 is 17.6 Å². The molecule has 0 saturated heterocycles. The number of carbonyl (C=O) groups is 1. The molecule has 0 spiro atoms. The maximum Gasteiger partial charge on any atom is 0.314 e. The Morgan fingerprint density at radius 2 is 2.14 bits per heavy atom. The van der Waals surface area contributed by atoms with Gasteiger partial charge in [0.25, 0.3) is 0 Å². The molecule has 1 heterocycles. The van der Waals surface area contributed by atoms with Crippen molar-refractivity contribution in [1.29, 1.82) is 0 Å². The molecule has 0 amide bonds. The first-order valence-electron chi connectivity index (χ1n) is 6.36. The predicted octanol–water partition coefficient (Wildman–Crippen LogP) is 2.86. The molecule has 2 aromatic rings. The number of ether oxygens (including phenoxy) is 1. The summed E-state index contributed by atoms with van der Waals surface area (Å²) < 4.78 is 5.07. The molecule has 110 valence electrons. The monoisotopic (exact) mass is 306 g/mol. The molecule has 0 aliphatic rings. The quantitative estimate of drug-likeness (QED) is 0.919. The summed E-state index contributed by atoms with van der Waals surface area (Å²) in [6.45, 7) is 1.77. The van der Waals surface area contributed by atoms with Crippen LogP contribution in [0.5, 0.6) is 5.88 Å². The molecule has 0 bridgehead atoms. The van der Waals surface area contributed by atoms with E-state index < -0.39 is 11.9 Å². The zero-order chi connectivity index (χ0) is 15.4. The number of hydrogen-bond donors (Lipinski definition) is 1. The normalized spacial score (nSPS) is 12.0. The van der Waals surface area contributed by atoms with Crippen molar-refractivity contribution in [2.24, 2.45) is 0 Å². The molecule has 0 aliphatic heterocycles. The van der Waals surface area contributed by atoms with E-state index in [4.69, 9.17) is 16.3 Å². The van der Waals surface area contributed by atoms with Crippen LogP contribution in [0.15, 0.2) is 30.3 Å². The van der Waals surface area contributed by atoms with Gasteiger partial charge in [0.05, 0.1) is 7.11 Å². The highest BCUT2D eigenvalue weighted by molar-refractivity contribution is 6.30. The third kappa shape index (κ3) is 3.92. The fourth-order valence-corrected chi connectivity index (χ4v) is 2.22. The van der Waals surface area contributed by atoms with E-state index in [0.717, 1.165) is 5.56 Å². The van der Waals surface area contributed by atoms with Crippen molar-refractivity contribution in [3.05, 3.63) is 52.4 Å². The van der Waals surface area contributed by atoms with Crippen LogP contribution in [0.4, 0.5) is 0 Å². The summed E-state index contributed by atoms with van der Waals surface area (Å²) in [5.41, 5.74) is 1.48. The lowest BCUT2D eigenvalue weighted by Gasteiger charge is -2.13. The van der Waals surface area contributed by atoms with Crippen LogP contribution in [0.25, 0.3) is 0 Å². The summed E-state index contributed by atoms with van der Waals surface area (Å²) in [5, 5.41) is 10.0. The molecule has 0 aliphatic carbocycles. The topological polar surface area (TPSA) is 72.3 Å². The van der Waals surface area contributed by atoms with Crippen LogP contribution in [-0.2, 0) is 11.2 Å². The van der Waals surface area contributed by atoms with Crippen LogP contribution in [0, 0.1) is 6.92 Å². The molecule has 1 aromatic carbocycles. The second kappa shape index (κ2) is 6.54. The lowest BCUT2D eigenvalue weighted by Crippen LogP contribution is -2.18. The zero-order valence-electron chi connectivity index (χ0n) is 11.7. The SMILES string of the molecule is COc1cc(C)nc(C(Cc2cccc(Cl)c2)C(=O)O)n1. The maximum absolute atomic E-state index is 11.5. The number of carboxylic acid groups (broad SMARTS) is 1. The minimum Gasteiger partial charge on any atom is -0.481 e. The van der Waals surface area contributed by atoms with Crippen LogP contribution >= 0.6 is 11.6 Å². The third-order valence-electron chi connectivity index (χ3n) is 3.00. The standard InChI is InChI=1S/C15H15ClN2O3/c1-9-6-13(21-2)18-14(17-9)12(15(19)20)8-10-4-3-5-11(16)7-10/h3-7,12H,8H2,1-2H3,(H,19,20). The number of methoxy groups -OCH3 is 1. The summed E-state index contributed by atoms with van der Waals surface area (Å²) in [4.78, 5) is 19.9. The van der Waals surface area contributed by atoms with E-state index >= 15 is 0 Å².